The minimum absolute atomic E-state index is 0.116. The Morgan fingerprint density at radius 2 is 1.79 bits per heavy atom. The Morgan fingerprint density at radius 3 is 2.47 bits per heavy atom. The summed E-state index contributed by atoms with van der Waals surface area (Å²) in [5.74, 6) is -1.15. The normalized spacial score (nSPS) is 20.3. The van der Waals surface area contributed by atoms with Crippen LogP contribution in [0.3, 0.4) is 0 Å². The van der Waals surface area contributed by atoms with Crippen LogP contribution >= 0.6 is 0 Å². The molecule has 3 aromatic rings. The zero-order valence-corrected chi connectivity index (χ0v) is 28.1. The lowest BCUT2D eigenvalue weighted by Gasteiger charge is -2.36. The molecule has 0 bridgehead atoms. The topological polar surface area (TPSA) is 125 Å². The second-order valence-corrected chi connectivity index (χ2v) is 13.8. The SMILES string of the molecule is C[C@@H]1CN([C@H](C)CO)C(=O)c2cc(NS(=O)(=O)c3ccc(F)cc3)ccc2O[C@@H](C)CCCCO[C@@H]1CN(C)C(=O)c1ccccc1. The van der Waals surface area contributed by atoms with E-state index in [2.05, 4.69) is 4.72 Å². The predicted molar refractivity (Wildman–Crippen MR) is 177 cm³/mol. The van der Waals surface area contributed by atoms with E-state index in [0.717, 1.165) is 37.1 Å². The number of aliphatic hydroxyl groups excluding tert-OH is 1. The summed E-state index contributed by atoms with van der Waals surface area (Å²) in [7, 11) is -2.37. The van der Waals surface area contributed by atoms with Gasteiger partial charge in [0.15, 0.2) is 0 Å². The van der Waals surface area contributed by atoms with Crippen molar-refractivity contribution in [1.82, 2.24) is 9.80 Å². The highest BCUT2D eigenvalue weighted by molar-refractivity contribution is 7.92. The van der Waals surface area contributed by atoms with Gasteiger partial charge in [-0.15, -0.1) is 0 Å². The zero-order chi connectivity index (χ0) is 34.1. The Labute approximate surface area is 276 Å². The Kier molecular flexibility index (Phi) is 12.4. The van der Waals surface area contributed by atoms with Crippen LogP contribution in [0.25, 0.3) is 0 Å². The Hall–Kier alpha value is -4.00. The largest absolute Gasteiger partial charge is 0.490 e. The van der Waals surface area contributed by atoms with Crippen molar-refractivity contribution in [3.8, 4) is 5.75 Å². The maximum absolute atomic E-state index is 14.3. The number of likely N-dealkylation sites (N-methyl/N-ethyl adjacent to an activating group) is 1. The number of hydrogen-bond acceptors (Lipinski definition) is 7. The number of hydrogen-bond donors (Lipinski definition) is 2. The number of aliphatic hydroxyl groups is 1. The summed E-state index contributed by atoms with van der Waals surface area (Å²) in [6.45, 7) is 6.17. The second kappa shape index (κ2) is 16.2. The number of ether oxygens (including phenoxy) is 2. The summed E-state index contributed by atoms with van der Waals surface area (Å²) in [6.07, 6.45) is 1.56. The zero-order valence-electron chi connectivity index (χ0n) is 27.3. The Balaban J connectivity index is 1.66. The van der Waals surface area contributed by atoms with Crippen LogP contribution in [0.1, 0.15) is 60.7 Å². The van der Waals surface area contributed by atoms with Gasteiger partial charge in [0.25, 0.3) is 21.8 Å². The van der Waals surface area contributed by atoms with Crippen molar-refractivity contribution < 1.29 is 37.0 Å². The molecule has 4 rings (SSSR count). The molecule has 3 aromatic carbocycles. The number of carbonyl (C=O) groups excluding carboxylic acids is 2. The highest BCUT2D eigenvalue weighted by Crippen LogP contribution is 2.29. The van der Waals surface area contributed by atoms with Crippen LogP contribution in [0.15, 0.2) is 77.7 Å². The summed E-state index contributed by atoms with van der Waals surface area (Å²) >= 11 is 0. The van der Waals surface area contributed by atoms with E-state index in [1.165, 1.54) is 17.0 Å². The highest BCUT2D eigenvalue weighted by atomic mass is 32.2. The fourth-order valence-electron chi connectivity index (χ4n) is 5.43. The van der Waals surface area contributed by atoms with Crippen LogP contribution in [-0.2, 0) is 14.8 Å². The average molecular weight is 670 g/mol. The molecule has 10 nitrogen and oxygen atoms in total. The van der Waals surface area contributed by atoms with Crippen LogP contribution in [0, 0.1) is 11.7 Å². The number of halogens is 1. The third kappa shape index (κ3) is 9.52. The third-order valence-electron chi connectivity index (χ3n) is 8.25. The molecule has 4 atom stereocenters. The standard InChI is InChI=1S/C35H44FN3O7S/c1-24-21-39(25(2)23-40)35(42)31-20-29(37-47(43,44)30-16-13-28(36)14-17-30)15-18-32(31)46-26(3)10-8-9-19-45-33(24)22-38(4)34(41)27-11-6-5-7-12-27/h5-7,11-18,20,24-26,33,37,40H,8-10,19,21-23H2,1-4H3/t24-,25-,26+,33-/m1/s1. The van der Waals surface area contributed by atoms with Gasteiger partial charge in [-0.2, -0.15) is 0 Å². The van der Waals surface area contributed by atoms with Gasteiger partial charge < -0.3 is 24.4 Å². The van der Waals surface area contributed by atoms with Crippen molar-refractivity contribution in [2.45, 2.75) is 63.2 Å². The van der Waals surface area contributed by atoms with Crippen molar-refractivity contribution in [1.29, 1.82) is 0 Å². The van der Waals surface area contributed by atoms with E-state index < -0.39 is 33.9 Å². The number of nitrogens with one attached hydrogen (secondary N) is 1. The first-order chi connectivity index (χ1) is 22.4. The fraction of sp³-hybridized carbons (Fsp3) is 0.429. The van der Waals surface area contributed by atoms with E-state index in [-0.39, 0.29) is 59.5 Å². The molecule has 0 saturated carbocycles. The van der Waals surface area contributed by atoms with Gasteiger partial charge in [-0.25, -0.2) is 12.8 Å². The van der Waals surface area contributed by atoms with Gasteiger partial charge in [0.1, 0.15) is 11.6 Å². The molecular weight excluding hydrogens is 625 g/mol. The third-order valence-corrected chi connectivity index (χ3v) is 9.65. The van der Waals surface area contributed by atoms with Crippen molar-refractivity contribution in [2.24, 2.45) is 5.92 Å². The molecule has 2 N–H and O–H groups in total. The van der Waals surface area contributed by atoms with E-state index in [9.17, 15) is 27.5 Å². The molecule has 12 heteroatoms. The summed E-state index contributed by atoms with van der Waals surface area (Å²) in [6, 6.07) is 17.3. The molecule has 47 heavy (non-hydrogen) atoms. The van der Waals surface area contributed by atoms with Crippen molar-refractivity contribution in [2.75, 3.05) is 38.1 Å². The second-order valence-electron chi connectivity index (χ2n) is 12.1. The van der Waals surface area contributed by atoms with Crippen LogP contribution in [-0.4, -0.2) is 86.7 Å². The first kappa shape index (κ1) is 35.8. The van der Waals surface area contributed by atoms with E-state index >= 15 is 0 Å². The number of fused-ring (bicyclic) bond motifs is 1. The molecule has 2 amide bonds. The molecular formula is C35H44FN3O7S. The molecule has 254 valence electrons. The fourth-order valence-corrected chi connectivity index (χ4v) is 6.48. The molecule has 0 unspecified atom stereocenters. The van der Waals surface area contributed by atoms with E-state index in [4.69, 9.17) is 9.47 Å². The van der Waals surface area contributed by atoms with Gasteiger partial charge in [0.05, 0.1) is 35.3 Å². The van der Waals surface area contributed by atoms with Crippen molar-refractivity contribution >= 4 is 27.5 Å². The lowest BCUT2D eigenvalue weighted by atomic mass is 10.0. The number of benzene rings is 3. The van der Waals surface area contributed by atoms with Gasteiger partial charge in [0.2, 0.25) is 0 Å². The number of nitrogens with zero attached hydrogens (tertiary/aromatic N) is 2. The Morgan fingerprint density at radius 1 is 1.09 bits per heavy atom. The van der Waals surface area contributed by atoms with Gasteiger partial charge >= 0.3 is 0 Å². The van der Waals surface area contributed by atoms with Crippen molar-refractivity contribution in [3.05, 3.63) is 89.7 Å². The van der Waals surface area contributed by atoms with Crippen LogP contribution in [0.5, 0.6) is 5.75 Å². The first-order valence-corrected chi connectivity index (χ1v) is 17.3. The first-order valence-electron chi connectivity index (χ1n) is 15.8. The lowest BCUT2D eigenvalue weighted by Crippen LogP contribution is -2.48. The van der Waals surface area contributed by atoms with Crippen LogP contribution < -0.4 is 9.46 Å². The summed E-state index contributed by atoms with van der Waals surface area (Å²) in [5.41, 5.74) is 0.797. The number of sulfonamides is 1. The van der Waals surface area contributed by atoms with Gasteiger partial charge in [-0.1, -0.05) is 25.1 Å². The molecule has 0 saturated heterocycles. The lowest BCUT2D eigenvalue weighted by molar-refractivity contribution is -0.0149. The maximum Gasteiger partial charge on any atom is 0.261 e. The number of amides is 2. The number of carbonyl (C=O) groups is 2. The molecule has 1 heterocycles. The summed E-state index contributed by atoms with van der Waals surface area (Å²) < 4.78 is 54.6. The molecule has 1 aliphatic heterocycles. The van der Waals surface area contributed by atoms with Gasteiger partial charge in [-0.05, 0) is 87.7 Å². The molecule has 0 fully saturated rings. The van der Waals surface area contributed by atoms with Gasteiger partial charge in [0, 0.05) is 43.9 Å². The monoisotopic (exact) mass is 669 g/mol. The maximum atomic E-state index is 14.3. The molecule has 1 aliphatic rings. The minimum atomic E-state index is -4.09. The number of rotatable bonds is 8. The molecule has 0 spiro atoms. The van der Waals surface area contributed by atoms with E-state index in [0.29, 0.717) is 18.6 Å². The quantitative estimate of drug-likeness (QED) is 0.338. The predicted octanol–water partition coefficient (Wildman–Crippen LogP) is 5.19. The molecule has 0 aromatic heterocycles. The smallest absolute Gasteiger partial charge is 0.261 e. The van der Waals surface area contributed by atoms with Gasteiger partial charge in [-0.3, -0.25) is 14.3 Å². The van der Waals surface area contributed by atoms with Crippen molar-refractivity contribution in [3.63, 3.8) is 0 Å². The van der Waals surface area contributed by atoms with Crippen LogP contribution in [0.4, 0.5) is 10.1 Å². The average Bonchev–Trinajstić information content (AvgIpc) is 3.06. The van der Waals surface area contributed by atoms with Crippen LogP contribution in [0.2, 0.25) is 0 Å². The van der Waals surface area contributed by atoms with E-state index in [1.54, 1.807) is 37.1 Å². The molecule has 0 aliphatic carbocycles. The minimum Gasteiger partial charge on any atom is -0.490 e. The van der Waals surface area contributed by atoms with E-state index in [1.807, 2.05) is 32.0 Å². The number of anilines is 1. The Bertz CT molecular complexity index is 1610. The molecule has 0 radical (unpaired) electrons. The summed E-state index contributed by atoms with van der Waals surface area (Å²) in [5, 5.41) is 10.2. The summed E-state index contributed by atoms with van der Waals surface area (Å²) in [4.78, 5) is 30.5. The highest BCUT2D eigenvalue weighted by Gasteiger charge is 2.31.